The van der Waals surface area contributed by atoms with Crippen LogP contribution in [0, 0.1) is 0 Å². The third-order valence-corrected chi connectivity index (χ3v) is 7.50. The topological polar surface area (TPSA) is 20.5 Å². The van der Waals surface area contributed by atoms with Crippen molar-refractivity contribution in [2.75, 3.05) is 38.0 Å². The monoisotopic (exact) mass is 476 g/mol. The fraction of sp³-hybridized carbons (Fsp3) is 0.303. The molecule has 3 aromatic carbocycles. The molecule has 0 heterocycles. The largest absolute Gasteiger partial charge is 0.378 e. The van der Waals surface area contributed by atoms with Crippen LogP contribution in [0.25, 0.3) is 11.1 Å². The number of hydrogen-bond donors (Lipinski definition) is 1. The number of nitrogens with one attached hydrogen (secondary N) is 1. The molecule has 1 saturated carbocycles. The molecule has 2 aliphatic carbocycles. The number of nitrogens with zero attached hydrogens (tertiary/aromatic N) is 2. The first-order valence-corrected chi connectivity index (χ1v) is 13.2. The number of allylic oxidation sites excluding steroid dienone is 3. The van der Waals surface area contributed by atoms with Gasteiger partial charge < -0.3 is 9.80 Å². The lowest BCUT2D eigenvalue weighted by molar-refractivity contribution is -0.506. The Kier molecular flexibility index (Phi) is 7.09. The van der Waals surface area contributed by atoms with Crippen LogP contribution >= 0.6 is 0 Å². The minimum Gasteiger partial charge on any atom is -0.378 e. The quantitative estimate of drug-likeness (QED) is 0.521. The van der Waals surface area contributed by atoms with E-state index in [1.54, 1.807) is 0 Å². The lowest BCUT2D eigenvalue weighted by Crippen LogP contribution is -2.80. The van der Waals surface area contributed by atoms with E-state index in [0.29, 0.717) is 6.04 Å². The summed E-state index contributed by atoms with van der Waals surface area (Å²) in [5.41, 5.74) is 11.3. The van der Waals surface area contributed by atoms with Crippen molar-refractivity contribution in [1.82, 2.24) is 0 Å². The van der Waals surface area contributed by atoms with Gasteiger partial charge in [0.25, 0.3) is 0 Å². The van der Waals surface area contributed by atoms with Crippen LogP contribution in [0.1, 0.15) is 54.4 Å². The van der Waals surface area contributed by atoms with E-state index in [1.807, 2.05) is 0 Å². The molecule has 3 heteroatoms. The zero-order chi connectivity index (χ0) is 25.1. The molecular formula is C33H38N3+. The van der Waals surface area contributed by atoms with Crippen molar-refractivity contribution in [2.24, 2.45) is 0 Å². The molecule has 0 unspecified atom stereocenters. The van der Waals surface area contributed by atoms with E-state index in [1.165, 1.54) is 82.6 Å². The molecule has 1 fully saturated rings. The highest BCUT2D eigenvalue weighted by Gasteiger charge is 2.25. The van der Waals surface area contributed by atoms with Crippen LogP contribution in [0.2, 0.25) is 0 Å². The molecule has 36 heavy (non-hydrogen) atoms. The summed E-state index contributed by atoms with van der Waals surface area (Å²) >= 11 is 0. The highest BCUT2D eigenvalue weighted by molar-refractivity contribution is 6.17. The maximum Gasteiger partial charge on any atom is 0.206 e. The minimum absolute atomic E-state index is 0.577. The van der Waals surface area contributed by atoms with Crippen LogP contribution in [0.3, 0.4) is 0 Å². The second kappa shape index (κ2) is 10.6. The normalized spacial score (nSPS) is 16.7. The average molecular weight is 477 g/mol. The maximum absolute atomic E-state index is 3.89. The number of benzene rings is 3. The van der Waals surface area contributed by atoms with Gasteiger partial charge in [-0.25, -0.2) is 4.99 Å². The van der Waals surface area contributed by atoms with Crippen LogP contribution in [0.4, 0.5) is 11.4 Å². The Morgan fingerprint density at radius 1 is 0.639 bits per heavy atom. The Morgan fingerprint density at radius 2 is 1.17 bits per heavy atom. The summed E-state index contributed by atoms with van der Waals surface area (Å²) in [6.45, 7) is 0. The number of rotatable bonds is 5. The Hall–Kier alpha value is -3.59. The van der Waals surface area contributed by atoms with Gasteiger partial charge in [-0.15, -0.1) is 0 Å². The number of hydrogen-bond acceptors (Lipinski definition) is 2. The first kappa shape index (κ1) is 24.1. The van der Waals surface area contributed by atoms with E-state index in [-0.39, 0.29) is 0 Å². The molecule has 1 N–H and O–H groups in total. The predicted molar refractivity (Wildman–Crippen MR) is 155 cm³/mol. The molecule has 0 saturated heterocycles. The summed E-state index contributed by atoms with van der Waals surface area (Å²) in [5.74, 6) is 0. The molecule has 5 rings (SSSR count). The SMILES string of the molecule is CN(C)c1ccc(C(=C2C=CC(=[NH+]C3CCCCC3)c3ccccc32)c2ccc(N(C)C)cc2)cc1. The van der Waals surface area contributed by atoms with Crippen LogP contribution < -0.4 is 14.8 Å². The molecule has 0 radical (unpaired) electrons. The molecule has 0 amide bonds. The van der Waals surface area contributed by atoms with Gasteiger partial charge in [-0.3, -0.25) is 0 Å². The first-order chi connectivity index (χ1) is 17.5. The molecule has 0 atom stereocenters. The van der Waals surface area contributed by atoms with Gasteiger partial charge in [0.15, 0.2) is 6.04 Å². The van der Waals surface area contributed by atoms with Gasteiger partial charge >= 0.3 is 0 Å². The van der Waals surface area contributed by atoms with Crippen LogP contribution in [-0.2, 0) is 0 Å². The van der Waals surface area contributed by atoms with Crippen LogP contribution in [-0.4, -0.2) is 39.9 Å². The smallest absolute Gasteiger partial charge is 0.206 e. The molecule has 2 aliphatic rings. The summed E-state index contributed by atoms with van der Waals surface area (Å²) in [4.78, 5) is 8.19. The number of anilines is 2. The summed E-state index contributed by atoms with van der Waals surface area (Å²) in [7, 11) is 8.35. The Labute approximate surface area is 216 Å². The first-order valence-electron chi connectivity index (χ1n) is 13.2. The van der Waals surface area contributed by atoms with Crippen molar-refractivity contribution in [3.8, 4) is 0 Å². The third kappa shape index (κ3) is 5.02. The third-order valence-electron chi connectivity index (χ3n) is 7.50. The molecule has 0 spiro atoms. The minimum atomic E-state index is 0.577. The van der Waals surface area contributed by atoms with Crippen molar-refractivity contribution in [1.29, 1.82) is 0 Å². The van der Waals surface area contributed by atoms with Gasteiger partial charge in [-0.1, -0.05) is 48.9 Å². The molecule has 184 valence electrons. The van der Waals surface area contributed by atoms with Crippen LogP contribution in [0.15, 0.2) is 84.9 Å². The van der Waals surface area contributed by atoms with Gasteiger partial charge in [0, 0.05) is 58.5 Å². The summed E-state index contributed by atoms with van der Waals surface area (Å²) < 4.78 is 0. The molecule has 3 aromatic rings. The van der Waals surface area contributed by atoms with E-state index in [4.69, 9.17) is 0 Å². The van der Waals surface area contributed by atoms with Gasteiger partial charge in [-0.2, -0.15) is 0 Å². The second-order valence-electron chi connectivity index (χ2n) is 10.4. The standard InChI is InChI=1S/C33H37N3/c1-35(2)27-18-14-24(15-19-27)33(25-16-20-28(21-17-25)36(3)4)31-22-23-32(30-13-9-8-12-29(30)31)34-26-10-6-5-7-11-26/h8-9,12-23,26H,5-7,10-11H2,1-4H3/p+1. The van der Waals surface area contributed by atoms with Crippen LogP contribution in [0.5, 0.6) is 0 Å². The fourth-order valence-corrected chi connectivity index (χ4v) is 5.44. The Morgan fingerprint density at radius 3 is 1.69 bits per heavy atom. The average Bonchev–Trinajstić information content (AvgIpc) is 2.91. The van der Waals surface area contributed by atoms with Gasteiger partial charge in [0.1, 0.15) is 0 Å². The molecule has 0 aliphatic heterocycles. The Balaban J connectivity index is 1.67. The number of fused-ring (bicyclic) bond motifs is 1. The molecule has 0 bridgehead atoms. The zero-order valence-electron chi connectivity index (χ0n) is 22.1. The van der Waals surface area contributed by atoms with Crippen molar-refractivity contribution < 1.29 is 4.99 Å². The Bertz CT molecular complexity index is 1230. The van der Waals surface area contributed by atoms with E-state index >= 15 is 0 Å². The van der Waals surface area contributed by atoms with E-state index < -0.39 is 0 Å². The van der Waals surface area contributed by atoms with E-state index in [2.05, 4.69) is 128 Å². The van der Waals surface area contributed by atoms with Crippen molar-refractivity contribution in [3.05, 3.63) is 107 Å². The van der Waals surface area contributed by atoms with Gasteiger partial charge in [0.2, 0.25) is 5.71 Å². The lowest BCUT2D eigenvalue weighted by Gasteiger charge is -2.21. The summed E-state index contributed by atoms with van der Waals surface area (Å²) in [6, 6.07) is 27.3. The fourth-order valence-electron chi connectivity index (χ4n) is 5.44. The summed E-state index contributed by atoms with van der Waals surface area (Å²) in [5, 5.41) is 0. The predicted octanol–water partition coefficient (Wildman–Crippen LogP) is 5.55. The molecular weight excluding hydrogens is 438 g/mol. The molecule has 0 aromatic heterocycles. The highest BCUT2D eigenvalue weighted by Crippen LogP contribution is 2.37. The van der Waals surface area contributed by atoms with Crippen molar-refractivity contribution in [2.45, 2.75) is 38.1 Å². The van der Waals surface area contributed by atoms with Gasteiger partial charge in [0.05, 0.1) is 5.56 Å². The van der Waals surface area contributed by atoms with E-state index in [9.17, 15) is 0 Å². The summed E-state index contributed by atoms with van der Waals surface area (Å²) in [6.07, 6.45) is 11.2. The van der Waals surface area contributed by atoms with Gasteiger partial charge in [-0.05, 0) is 77.1 Å². The second-order valence-corrected chi connectivity index (χ2v) is 10.4. The molecule has 3 nitrogen and oxygen atoms in total. The highest BCUT2D eigenvalue weighted by atomic mass is 15.1. The van der Waals surface area contributed by atoms with Crippen molar-refractivity contribution in [3.63, 3.8) is 0 Å². The zero-order valence-corrected chi connectivity index (χ0v) is 22.1. The maximum atomic E-state index is 3.89. The van der Waals surface area contributed by atoms with E-state index in [0.717, 1.165) is 0 Å². The lowest BCUT2D eigenvalue weighted by atomic mass is 9.83. The van der Waals surface area contributed by atoms with Crippen molar-refractivity contribution >= 4 is 28.2 Å².